The Labute approximate surface area is 247 Å². The molecule has 4 unspecified atom stereocenters. The lowest BCUT2D eigenvalue weighted by molar-refractivity contribution is -0.394. The van der Waals surface area contributed by atoms with Crippen molar-refractivity contribution in [2.75, 3.05) is 0 Å². The van der Waals surface area contributed by atoms with Gasteiger partial charge in [0.05, 0.1) is 51.1 Å². The van der Waals surface area contributed by atoms with Gasteiger partial charge in [-0.15, -0.1) is 0 Å². The van der Waals surface area contributed by atoms with Crippen LogP contribution in [-0.4, -0.2) is 19.7 Å². The van der Waals surface area contributed by atoms with Crippen LogP contribution in [0.5, 0.6) is 0 Å². The topological polar surface area (TPSA) is 173 Å². The molecular weight excluding hydrogens is 768 g/mol. The van der Waals surface area contributed by atoms with Crippen molar-refractivity contribution < 1.29 is 19.7 Å². The molecule has 0 aliphatic heterocycles. The van der Waals surface area contributed by atoms with E-state index in [9.17, 15) is 40.5 Å². The molecule has 3 aromatic rings. The van der Waals surface area contributed by atoms with Crippen LogP contribution in [0.4, 0.5) is 22.7 Å². The number of halogens is 4. The molecule has 0 fully saturated rings. The zero-order chi connectivity index (χ0) is 28.3. The predicted octanol–water partition coefficient (Wildman–Crippen LogP) is 8.46. The first-order chi connectivity index (χ1) is 17.8. The molecule has 4 atom stereocenters. The SMILES string of the molecule is O=[N+]([O-])c1ccc(C(Br)C(Br)c2ccc(C(Br)C(Br)c3ccc([N+](=O)[O-])cc3[N+](=O)[O-])cc2)c([N+](=O)[O-])c1. The predicted molar refractivity (Wildman–Crippen MR) is 153 cm³/mol. The van der Waals surface area contributed by atoms with E-state index < -0.39 is 61.8 Å². The molecule has 198 valence electrons. The van der Waals surface area contributed by atoms with E-state index in [1.54, 1.807) is 24.3 Å². The summed E-state index contributed by atoms with van der Waals surface area (Å²) in [5.41, 5.74) is 0.384. The number of alkyl halides is 4. The fraction of sp³-hybridized carbons (Fsp3) is 0.182. The largest absolute Gasteiger partial charge is 0.280 e. The molecule has 0 saturated carbocycles. The molecule has 12 nitrogen and oxygen atoms in total. The summed E-state index contributed by atoms with van der Waals surface area (Å²) in [6.45, 7) is 0. The van der Waals surface area contributed by atoms with E-state index in [2.05, 4.69) is 63.7 Å². The molecule has 0 saturated heterocycles. The summed E-state index contributed by atoms with van der Waals surface area (Å²) in [7, 11) is 0. The van der Waals surface area contributed by atoms with E-state index in [1.165, 1.54) is 24.3 Å². The molecule has 38 heavy (non-hydrogen) atoms. The molecule has 3 aromatic carbocycles. The average Bonchev–Trinajstić information content (AvgIpc) is 2.90. The van der Waals surface area contributed by atoms with Crippen LogP contribution in [0.2, 0.25) is 0 Å². The number of rotatable bonds is 10. The number of hydrogen-bond acceptors (Lipinski definition) is 8. The molecular formula is C22H14Br4N4O8. The molecule has 0 amide bonds. The second-order valence-electron chi connectivity index (χ2n) is 7.79. The van der Waals surface area contributed by atoms with Crippen molar-refractivity contribution in [2.45, 2.75) is 19.3 Å². The number of non-ortho nitro benzene ring substituents is 2. The smallest absolute Gasteiger partial charge is 0.258 e. The molecule has 0 N–H and O–H groups in total. The van der Waals surface area contributed by atoms with Crippen molar-refractivity contribution in [3.63, 3.8) is 0 Å². The van der Waals surface area contributed by atoms with E-state index in [0.717, 1.165) is 23.3 Å². The van der Waals surface area contributed by atoms with Crippen molar-refractivity contribution >= 4 is 86.5 Å². The van der Waals surface area contributed by atoms with Gasteiger partial charge in [-0.3, -0.25) is 40.5 Å². The summed E-state index contributed by atoms with van der Waals surface area (Å²) in [4.78, 5) is 40.2. The van der Waals surface area contributed by atoms with Crippen LogP contribution in [0.15, 0.2) is 60.7 Å². The van der Waals surface area contributed by atoms with Gasteiger partial charge in [0.2, 0.25) is 0 Å². The Morgan fingerprint density at radius 3 is 1.05 bits per heavy atom. The van der Waals surface area contributed by atoms with E-state index >= 15 is 0 Å². The third-order valence-corrected chi connectivity index (χ3v) is 11.1. The van der Waals surface area contributed by atoms with Crippen LogP contribution in [0.1, 0.15) is 41.6 Å². The van der Waals surface area contributed by atoms with Gasteiger partial charge in [-0.25, -0.2) is 0 Å². The number of nitro benzene ring substituents is 4. The van der Waals surface area contributed by atoms with Gasteiger partial charge in [-0.1, -0.05) is 88.0 Å². The number of nitrogens with zero attached hydrogens (tertiary/aromatic N) is 4. The lowest BCUT2D eigenvalue weighted by Gasteiger charge is -2.20. The van der Waals surface area contributed by atoms with Gasteiger partial charge in [0.25, 0.3) is 22.7 Å². The monoisotopic (exact) mass is 778 g/mol. The van der Waals surface area contributed by atoms with E-state index in [1.807, 2.05) is 0 Å². The molecule has 0 aliphatic rings. The quantitative estimate of drug-likeness (QED) is 0.112. The molecule has 0 bridgehead atoms. The summed E-state index contributed by atoms with van der Waals surface area (Å²) < 4.78 is 0. The van der Waals surface area contributed by atoms with Crippen LogP contribution < -0.4 is 0 Å². The first-order valence-electron chi connectivity index (χ1n) is 10.3. The van der Waals surface area contributed by atoms with E-state index in [4.69, 9.17) is 0 Å². The second kappa shape index (κ2) is 12.4. The molecule has 3 rings (SSSR count). The Kier molecular flexibility index (Phi) is 9.67. The fourth-order valence-electron chi connectivity index (χ4n) is 3.59. The highest BCUT2D eigenvalue weighted by atomic mass is 79.9. The third kappa shape index (κ3) is 6.42. The van der Waals surface area contributed by atoms with Crippen LogP contribution in [0.25, 0.3) is 0 Å². The molecule has 0 aliphatic carbocycles. The second-order valence-corrected chi connectivity index (χ2v) is 11.7. The highest BCUT2D eigenvalue weighted by molar-refractivity contribution is 9.12. The van der Waals surface area contributed by atoms with Crippen molar-refractivity contribution in [2.24, 2.45) is 0 Å². The van der Waals surface area contributed by atoms with Crippen LogP contribution in [0, 0.1) is 40.5 Å². The number of benzene rings is 3. The van der Waals surface area contributed by atoms with Gasteiger partial charge in [-0.05, 0) is 23.3 Å². The first kappa shape index (κ1) is 29.7. The van der Waals surface area contributed by atoms with Gasteiger partial charge in [0.15, 0.2) is 0 Å². The fourth-order valence-corrected chi connectivity index (χ4v) is 6.16. The maximum absolute atomic E-state index is 11.5. The first-order valence-corrected chi connectivity index (χ1v) is 14.0. The maximum Gasteiger partial charge on any atom is 0.280 e. The zero-order valence-electron chi connectivity index (χ0n) is 18.6. The van der Waals surface area contributed by atoms with Crippen molar-refractivity contribution in [1.82, 2.24) is 0 Å². The van der Waals surface area contributed by atoms with Crippen molar-refractivity contribution in [1.29, 1.82) is 0 Å². The highest BCUT2D eigenvalue weighted by Gasteiger charge is 2.31. The molecule has 0 radical (unpaired) electrons. The number of nitro groups is 4. The van der Waals surface area contributed by atoms with Gasteiger partial charge in [0.1, 0.15) is 0 Å². The minimum absolute atomic E-state index is 0.246. The normalized spacial score (nSPS) is 14.2. The Balaban J connectivity index is 1.86. The molecule has 0 aromatic heterocycles. The van der Waals surface area contributed by atoms with Gasteiger partial charge in [-0.2, -0.15) is 0 Å². The van der Waals surface area contributed by atoms with Crippen LogP contribution >= 0.6 is 63.7 Å². The highest BCUT2D eigenvalue weighted by Crippen LogP contribution is 2.48. The van der Waals surface area contributed by atoms with Crippen molar-refractivity contribution in [3.8, 4) is 0 Å². The van der Waals surface area contributed by atoms with E-state index in [-0.39, 0.29) is 11.1 Å². The maximum atomic E-state index is 11.5. The summed E-state index contributed by atoms with van der Waals surface area (Å²) in [6, 6.07) is 13.9. The Bertz CT molecular complexity index is 1320. The minimum Gasteiger partial charge on any atom is -0.258 e. The van der Waals surface area contributed by atoms with E-state index in [0.29, 0.717) is 0 Å². The lowest BCUT2D eigenvalue weighted by atomic mass is 9.98. The van der Waals surface area contributed by atoms with Crippen LogP contribution in [-0.2, 0) is 0 Å². The van der Waals surface area contributed by atoms with Crippen LogP contribution in [0.3, 0.4) is 0 Å². The summed E-state index contributed by atoms with van der Waals surface area (Å²) in [6.07, 6.45) is 0. The van der Waals surface area contributed by atoms with Gasteiger partial charge >= 0.3 is 0 Å². The molecule has 16 heteroatoms. The Morgan fingerprint density at radius 1 is 0.474 bits per heavy atom. The van der Waals surface area contributed by atoms with Crippen molar-refractivity contribution in [3.05, 3.63) is 123 Å². The lowest BCUT2D eigenvalue weighted by Crippen LogP contribution is -2.06. The Hall–Kier alpha value is -2.82. The third-order valence-electron chi connectivity index (χ3n) is 5.52. The summed E-state index contributed by atoms with van der Waals surface area (Å²) >= 11 is 14.0. The molecule has 0 heterocycles. The summed E-state index contributed by atoms with van der Waals surface area (Å²) in [5, 5.41) is 45.1. The zero-order valence-corrected chi connectivity index (χ0v) is 25.0. The molecule has 0 spiro atoms. The summed E-state index contributed by atoms with van der Waals surface area (Å²) in [5.74, 6) is 0. The minimum atomic E-state index is -0.705. The van der Waals surface area contributed by atoms with Gasteiger partial charge in [0, 0.05) is 23.3 Å². The standard InChI is InChI=1S/C22H14Br4N4O8/c23-19(21(25)15-7-5-13(27(31)32)9-17(15)29(35)36)11-1-2-12(4-3-11)20(24)22(26)16-8-6-14(28(33)34)10-18(16)30(37)38/h1-10,19-22H. The van der Waals surface area contributed by atoms with Gasteiger partial charge < -0.3 is 0 Å². The Morgan fingerprint density at radius 2 is 0.789 bits per heavy atom. The number of hydrogen-bond donors (Lipinski definition) is 0. The average molecular weight is 782 g/mol.